The Bertz CT molecular complexity index is 848. The van der Waals surface area contributed by atoms with Crippen molar-refractivity contribution in [2.24, 2.45) is 0 Å². The van der Waals surface area contributed by atoms with Crippen molar-refractivity contribution in [2.75, 3.05) is 11.9 Å². The Balaban J connectivity index is 1.50. The molecule has 0 aliphatic carbocycles. The molecule has 1 saturated heterocycles. The van der Waals surface area contributed by atoms with E-state index in [1.165, 1.54) is 16.7 Å². The van der Waals surface area contributed by atoms with Gasteiger partial charge in [0.2, 0.25) is 5.91 Å². The predicted molar refractivity (Wildman–Crippen MR) is 111 cm³/mol. The lowest BCUT2D eigenvalue weighted by atomic mass is 10.2. The number of amides is 2. The van der Waals surface area contributed by atoms with Crippen molar-refractivity contribution in [1.82, 2.24) is 4.90 Å². The molecule has 1 N–H and O–H groups in total. The van der Waals surface area contributed by atoms with E-state index in [1.54, 1.807) is 24.5 Å². The fourth-order valence-corrected chi connectivity index (χ4v) is 3.90. The van der Waals surface area contributed by atoms with Gasteiger partial charge in [-0.15, -0.1) is 0 Å². The number of anilines is 1. The first-order valence-electron chi connectivity index (χ1n) is 7.87. The van der Waals surface area contributed by atoms with Crippen LogP contribution in [-0.4, -0.2) is 27.6 Å². The van der Waals surface area contributed by atoms with Crippen LogP contribution in [0.4, 0.5) is 5.69 Å². The average molecular weight is 451 g/mol. The Hall–Kier alpha value is -1.90. The Labute approximate surface area is 168 Å². The first kappa shape index (κ1) is 18.9. The predicted octanol–water partition coefficient (Wildman–Crippen LogP) is 4.66. The summed E-state index contributed by atoms with van der Waals surface area (Å²) >= 11 is 9.88. The largest absolute Gasteiger partial charge is 0.465 e. The van der Waals surface area contributed by atoms with E-state index in [9.17, 15) is 9.59 Å². The zero-order valence-electron chi connectivity index (χ0n) is 13.6. The third kappa shape index (κ3) is 4.84. The minimum atomic E-state index is -0.148. The summed E-state index contributed by atoms with van der Waals surface area (Å²) in [6.45, 7) is 0.411. The number of benzene rings is 1. The van der Waals surface area contributed by atoms with Crippen molar-refractivity contribution < 1.29 is 14.0 Å². The molecule has 1 aliphatic heterocycles. The quantitative estimate of drug-likeness (QED) is 0.511. The van der Waals surface area contributed by atoms with E-state index in [2.05, 4.69) is 21.2 Å². The molecule has 2 heterocycles. The maximum atomic E-state index is 12.4. The summed E-state index contributed by atoms with van der Waals surface area (Å²) in [7, 11) is 0. The Morgan fingerprint density at radius 3 is 2.77 bits per heavy atom. The first-order valence-corrected chi connectivity index (χ1v) is 9.89. The minimum absolute atomic E-state index is 0.0936. The van der Waals surface area contributed by atoms with E-state index in [0.29, 0.717) is 34.4 Å². The van der Waals surface area contributed by atoms with Gasteiger partial charge in [-0.1, -0.05) is 39.9 Å². The van der Waals surface area contributed by atoms with Crippen LogP contribution in [0.15, 0.2) is 56.5 Å². The number of carbonyl (C=O) groups excluding carboxylic acids is 2. The van der Waals surface area contributed by atoms with Gasteiger partial charge in [-0.25, -0.2) is 0 Å². The van der Waals surface area contributed by atoms with Gasteiger partial charge < -0.3 is 9.73 Å². The van der Waals surface area contributed by atoms with E-state index >= 15 is 0 Å². The fourth-order valence-electron chi connectivity index (χ4n) is 2.35. The Morgan fingerprint density at radius 2 is 2.08 bits per heavy atom. The third-order valence-electron chi connectivity index (χ3n) is 3.60. The summed E-state index contributed by atoms with van der Waals surface area (Å²) in [5.74, 6) is 0.369. The fraction of sp³-hybridized carbons (Fsp3) is 0.167. The van der Waals surface area contributed by atoms with Gasteiger partial charge in [0.05, 0.1) is 11.2 Å². The maximum absolute atomic E-state index is 12.4. The number of nitrogens with zero attached hydrogens (tertiary/aromatic N) is 1. The standard InChI is InChI=1S/C18H15BrN2O3S2/c19-12-5-7-13(8-6-12)20-16(22)4-1-9-21-17(23)15(26-18(21)25)11-14-3-2-10-24-14/h2-3,5-8,10-11H,1,4,9H2,(H,20,22)/b15-11-. The molecule has 0 saturated carbocycles. The van der Waals surface area contributed by atoms with E-state index < -0.39 is 0 Å². The number of nitrogens with one attached hydrogen (secondary N) is 1. The van der Waals surface area contributed by atoms with E-state index in [4.69, 9.17) is 16.6 Å². The minimum Gasteiger partial charge on any atom is -0.465 e. The molecule has 3 rings (SSSR count). The number of carbonyl (C=O) groups is 2. The van der Waals surface area contributed by atoms with Crippen molar-refractivity contribution in [2.45, 2.75) is 12.8 Å². The number of thioether (sulfide) groups is 1. The van der Waals surface area contributed by atoms with Gasteiger partial charge in [0, 0.05) is 29.2 Å². The number of thiocarbonyl (C=S) groups is 1. The van der Waals surface area contributed by atoms with Crippen LogP contribution in [0, 0.1) is 0 Å². The summed E-state index contributed by atoms with van der Waals surface area (Å²) in [4.78, 5) is 26.5. The molecule has 0 atom stereocenters. The second-order valence-corrected chi connectivity index (χ2v) is 8.10. The smallest absolute Gasteiger partial charge is 0.266 e. The molecule has 0 unspecified atom stereocenters. The zero-order valence-corrected chi connectivity index (χ0v) is 16.8. The van der Waals surface area contributed by atoms with Crippen LogP contribution in [-0.2, 0) is 9.59 Å². The highest BCUT2D eigenvalue weighted by molar-refractivity contribution is 9.10. The molecule has 8 heteroatoms. The third-order valence-corrected chi connectivity index (χ3v) is 5.51. The summed E-state index contributed by atoms with van der Waals surface area (Å²) < 4.78 is 6.68. The van der Waals surface area contributed by atoms with Crippen LogP contribution >= 0.6 is 39.9 Å². The number of hydrogen-bond donors (Lipinski definition) is 1. The van der Waals surface area contributed by atoms with Gasteiger partial charge in [-0.05, 0) is 42.8 Å². The number of rotatable bonds is 6. The summed E-state index contributed by atoms with van der Waals surface area (Å²) in [5, 5.41) is 2.83. The van der Waals surface area contributed by atoms with Crippen molar-refractivity contribution in [3.05, 3.63) is 57.8 Å². The van der Waals surface area contributed by atoms with Crippen LogP contribution in [0.5, 0.6) is 0 Å². The molecule has 0 radical (unpaired) electrons. The van der Waals surface area contributed by atoms with Crippen molar-refractivity contribution in [3.63, 3.8) is 0 Å². The average Bonchev–Trinajstić information content (AvgIpc) is 3.21. The molecule has 0 spiro atoms. The topological polar surface area (TPSA) is 62.6 Å². The molecule has 26 heavy (non-hydrogen) atoms. The monoisotopic (exact) mass is 450 g/mol. The molecule has 1 aromatic heterocycles. The number of furan rings is 1. The van der Waals surface area contributed by atoms with Crippen LogP contribution in [0.2, 0.25) is 0 Å². The molecule has 1 fully saturated rings. The van der Waals surface area contributed by atoms with Crippen LogP contribution in [0.3, 0.4) is 0 Å². The lowest BCUT2D eigenvalue weighted by Gasteiger charge is -2.14. The van der Waals surface area contributed by atoms with Crippen molar-refractivity contribution in [3.8, 4) is 0 Å². The maximum Gasteiger partial charge on any atom is 0.266 e. The number of halogens is 1. The summed E-state index contributed by atoms with van der Waals surface area (Å²) in [6.07, 6.45) is 4.07. The second-order valence-electron chi connectivity index (χ2n) is 5.51. The van der Waals surface area contributed by atoms with E-state index in [-0.39, 0.29) is 11.8 Å². The van der Waals surface area contributed by atoms with E-state index in [1.807, 2.05) is 24.3 Å². The molecule has 1 aliphatic rings. The highest BCUT2D eigenvalue weighted by Gasteiger charge is 2.31. The van der Waals surface area contributed by atoms with Crippen LogP contribution < -0.4 is 5.32 Å². The van der Waals surface area contributed by atoms with Gasteiger partial charge in [0.1, 0.15) is 10.1 Å². The molecular weight excluding hydrogens is 436 g/mol. The first-order chi connectivity index (χ1) is 12.5. The Kier molecular flexibility index (Phi) is 6.29. The molecule has 134 valence electrons. The van der Waals surface area contributed by atoms with Gasteiger partial charge in [-0.3, -0.25) is 14.5 Å². The van der Waals surface area contributed by atoms with Gasteiger partial charge in [-0.2, -0.15) is 0 Å². The lowest BCUT2D eigenvalue weighted by molar-refractivity contribution is -0.122. The molecule has 5 nitrogen and oxygen atoms in total. The number of hydrogen-bond acceptors (Lipinski definition) is 5. The highest BCUT2D eigenvalue weighted by Crippen LogP contribution is 2.32. The SMILES string of the molecule is O=C(CCCN1C(=O)/C(=C/c2ccco2)SC1=S)Nc1ccc(Br)cc1. The molecule has 0 bridgehead atoms. The van der Waals surface area contributed by atoms with Gasteiger partial charge in [0.25, 0.3) is 5.91 Å². The molecule has 1 aromatic carbocycles. The molecular formula is C18H15BrN2O3S2. The highest BCUT2D eigenvalue weighted by atomic mass is 79.9. The zero-order chi connectivity index (χ0) is 18.5. The Morgan fingerprint density at radius 1 is 1.31 bits per heavy atom. The van der Waals surface area contributed by atoms with Crippen molar-refractivity contribution in [1.29, 1.82) is 0 Å². The second kappa shape index (κ2) is 8.66. The lowest BCUT2D eigenvalue weighted by Crippen LogP contribution is -2.29. The summed E-state index contributed by atoms with van der Waals surface area (Å²) in [6, 6.07) is 10.9. The molecule has 2 amide bonds. The normalized spacial score (nSPS) is 15.7. The van der Waals surface area contributed by atoms with Crippen molar-refractivity contribution >= 4 is 67.8 Å². The van der Waals surface area contributed by atoms with Gasteiger partial charge in [0.15, 0.2) is 0 Å². The molecule has 2 aromatic rings. The van der Waals surface area contributed by atoms with Crippen LogP contribution in [0.1, 0.15) is 18.6 Å². The van der Waals surface area contributed by atoms with Gasteiger partial charge >= 0.3 is 0 Å². The van der Waals surface area contributed by atoms with Crippen LogP contribution in [0.25, 0.3) is 6.08 Å². The summed E-state index contributed by atoms with van der Waals surface area (Å²) in [5.41, 5.74) is 0.741. The van der Waals surface area contributed by atoms with E-state index in [0.717, 1.165) is 10.2 Å².